The number of aliphatic carboxylic acids is 1. The summed E-state index contributed by atoms with van der Waals surface area (Å²) >= 11 is 6.03. The molecule has 0 amide bonds. The van der Waals surface area contributed by atoms with Gasteiger partial charge < -0.3 is 9.84 Å². The van der Waals surface area contributed by atoms with Crippen LogP contribution in [-0.2, 0) is 4.79 Å². The predicted octanol–water partition coefficient (Wildman–Crippen LogP) is 3.07. The van der Waals surface area contributed by atoms with Crippen LogP contribution in [-0.4, -0.2) is 17.7 Å². The third-order valence-electron chi connectivity index (χ3n) is 2.67. The molecule has 0 radical (unpaired) electrons. The molecule has 108 valence electrons. The summed E-state index contributed by atoms with van der Waals surface area (Å²) in [4.78, 5) is 10.6. The minimum Gasteiger partial charge on any atom is -0.481 e. The molecular formula is C17H10ClNO3. The Balaban J connectivity index is 2.38. The lowest BCUT2D eigenvalue weighted by molar-refractivity contribution is -0.139. The number of hydrogen-bond donors (Lipinski definition) is 1. The molecule has 0 saturated heterocycles. The molecule has 2 aromatic rings. The number of carbonyl (C=O) groups is 1. The van der Waals surface area contributed by atoms with Crippen LogP contribution in [0.25, 0.3) is 0 Å². The molecule has 0 bridgehead atoms. The van der Waals surface area contributed by atoms with Gasteiger partial charge in [-0.3, -0.25) is 0 Å². The van der Waals surface area contributed by atoms with Gasteiger partial charge in [0.25, 0.3) is 0 Å². The highest BCUT2D eigenvalue weighted by Gasteiger charge is 2.06. The molecule has 0 aromatic heterocycles. The summed E-state index contributed by atoms with van der Waals surface area (Å²) in [6.07, 6.45) is 0. The second-order valence-corrected chi connectivity index (χ2v) is 4.64. The number of hydrogen-bond acceptors (Lipinski definition) is 3. The summed E-state index contributed by atoms with van der Waals surface area (Å²) in [5.74, 6) is 4.97. The zero-order chi connectivity index (χ0) is 15.9. The van der Waals surface area contributed by atoms with Crippen LogP contribution in [0.1, 0.15) is 16.7 Å². The Kier molecular flexibility index (Phi) is 5.03. The average molecular weight is 312 g/mol. The number of carboxylic acid groups (broad SMARTS) is 1. The van der Waals surface area contributed by atoms with Gasteiger partial charge in [-0.05, 0) is 30.3 Å². The van der Waals surface area contributed by atoms with Gasteiger partial charge in [-0.15, -0.1) is 0 Å². The van der Waals surface area contributed by atoms with E-state index in [-0.39, 0.29) is 0 Å². The van der Waals surface area contributed by atoms with Crippen molar-refractivity contribution in [2.75, 3.05) is 6.61 Å². The SMILES string of the molecule is N#Cc1ccc(OCC(=O)O)c(C#Cc2ccccc2Cl)c1. The van der Waals surface area contributed by atoms with Gasteiger partial charge in [0, 0.05) is 5.56 Å². The van der Waals surface area contributed by atoms with Crippen molar-refractivity contribution in [1.29, 1.82) is 5.26 Å². The fourth-order valence-electron chi connectivity index (χ4n) is 1.66. The summed E-state index contributed by atoms with van der Waals surface area (Å²) in [5.41, 5.74) is 1.47. The van der Waals surface area contributed by atoms with Crippen LogP contribution in [0.2, 0.25) is 5.02 Å². The molecule has 4 nitrogen and oxygen atoms in total. The maximum absolute atomic E-state index is 10.6. The molecule has 0 fully saturated rings. The fourth-order valence-corrected chi connectivity index (χ4v) is 1.84. The fraction of sp³-hybridized carbons (Fsp3) is 0.0588. The Labute approximate surface area is 132 Å². The number of benzene rings is 2. The Hall–Kier alpha value is -2.95. The third-order valence-corrected chi connectivity index (χ3v) is 3.00. The van der Waals surface area contributed by atoms with E-state index in [1.165, 1.54) is 12.1 Å². The number of halogens is 1. The molecule has 0 aliphatic rings. The maximum Gasteiger partial charge on any atom is 0.341 e. The topological polar surface area (TPSA) is 70.3 Å². The van der Waals surface area contributed by atoms with Crippen LogP contribution in [0.5, 0.6) is 5.75 Å². The second kappa shape index (κ2) is 7.17. The van der Waals surface area contributed by atoms with Gasteiger partial charge in [0.15, 0.2) is 6.61 Å². The lowest BCUT2D eigenvalue weighted by Gasteiger charge is -2.06. The number of rotatable bonds is 3. The van der Waals surface area contributed by atoms with Crippen molar-refractivity contribution in [3.63, 3.8) is 0 Å². The minimum atomic E-state index is -1.09. The van der Waals surface area contributed by atoms with Crippen LogP contribution in [0.15, 0.2) is 42.5 Å². The summed E-state index contributed by atoms with van der Waals surface area (Å²) in [6.45, 7) is -0.479. The van der Waals surface area contributed by atoms with Crippen LogP contribution in [0, 0.1) is 23.2 Å². The molecule has 0 atom stereocenters. The second-order valence-electron chi connectivity index (χ2n) is 4.24. The lowest BCUT2D eigenvalue weighted by atomic mass is 10.1. The molecule has 2 aromatic carbocycles. The van der Waals surface area contributed by atoms with Gasteiger partial charge in [0.05, 0.1) is 22.2 Å². The molecule has 1 N–H and O–H groups in total. The van der Waals surface area contributed by atoms with Crippen LogP contribution >= 0.6 is 11.6 Å². The number of nitriles is 1. The van der Waals surface area contributed by atoms with E-state index >= 15 is 0 Å². The molecule has 0 aliphatic heterocycles. The third kappa shape index (κ3) is 4.02. The van der Waals surface area contributed by atoms with E-state index < -0.39 is 12.6 Å². The summed E-state index contributed by atoms with van der Waals surface area (Å²) < 4.78 is 5.17. The zero-order valence-corrected chi connectivity index (χ0v) is 12.1. The van der Waals surface area contributed by atoms with Crippen LogP contribution in [0.4, 0.5) is 0 Å². The van der Waals surface area contributed by atoms with E-state index in [2.05, 4.69) is 11.8 Å². The Morgan fingerprint density at radius 1 is 1.18 bits per heavy atom. The zero-order valence-electron chi connectivity index (χ0n) is 11.3. The highest BCUT2D eigenvalue weighted by Crippen LogP contribution is 2.20. The molecule has 0 spiro atoms. The maximum atomic E-state index is 10.6. The van der Waals surface area contributed by atoms with Gasteiger partial charge in [-0.25, -0.2) is 4.79 Å². The van der Waals surface area contributed by atoms with Crippen molar-refractivity contribution in [1.82, 2.24) is 0 Å². The van der Waals surface area contributed by atoms with Gasteiger partial charge in [-0.2, -0.15) is 5.26 Å². The van der Waals surface area contributed by atoms with Gasteiger partial charge >= 0.3 is 5.97 Å². The lowest BCUT2D eigenvalue weighted by Crippen LogP contribution is -2.10. The first kappa shape index (κ1) is 15.4. The normalized spacial score (nSPS) is 9.27. The van der Waals surface area contributed by atoms with Crippen molar-refractivity contribution < 1.29 is 14.6 Å². The van der Waals surface area contributed by atoms with Crippen molar-refractivity contribution >= 4 is 17.6 Å². The largest absolute Gasteiger partial charge is 0.481 e. The first-order valence-corrected chi connectivity index (χ1v) is 6.63. The van der Waals surface area contributed by atoms with Gasteiger partial charge in [0.1, 0.15) is 5.75 Å². The average Bonchev–Trinajstić information content (AvgIpc) is 2.52. The Bertz CT molecular complexity index is 813. The molecular weight excluding hydrogens is 302 g/mol. The van der Waals surface area contributed by atoms with E-state index in [9.17, 15) is 4.79 Å². The molecule has 0 aliphatic carbocycles. The molecule has 0 heterocycles. The summed E-state index contributed by atoms with van der Waals surface area (Å²) in [5, 5.41) is 18.1. The van der Waals surface area contributed by atoms with Gasteiger partial charge in [-0.1, -0.05) is 35.6 Å². The van der Waals surface area contributed by atoms with E-state index in [4.69, 9.17) is 26.7 Å². The number of carboxylic acids is 1. The minimum absolute atomic E-state index is 0.306. The smallest absolute Gasteiger partial charge is 0.341 e. The van der Waals surface area contributed by atoms with Gasteiger partial charge in [0.2, 0.25) is 0 Å². The predicted molar refractivity (Wildman–Crippen MR) is 81.7 cm³/mol. The molecule has 0 saturated carbocycles. The highest BCUT2D eigenvalue weighted by atomic mass is 35.5. The molecule has 2 rings (SSSR count). The number of nitrogens with zero attached hydrogens (tertiary/aromatic N) is 1. The molecule has 0 unspecified atom stereocenters. The van der Waals surface area contributed by atoms with E-state index in [0.717, 1.165) is 0 Å². The van der Waals surface area contributed by atoms with Crippen LogP contribution < -0.4 is 4.74 Å². The highest BCUT2D eigenvalue weighted by molar-refractivity contribution is 6.31. The van der Waals surface area contributed by atoms with Crippen molar-refractivity contribution in [3.05, 3.63) is 64.2 Å². The monoisotopic (exact) mass is 311 g/mol. The summed E-state index contributed by atoms with van der Waals surface area (Å²) in [6, 6.07) is 13.7. The standard InChI is InChI=1S/C17H10ClNO3/c18-15-4-2-1-3-13(15)6-7-14-9-12(10-19)5-8-16(14)22-11-17(20)21/h1-5,8-9H,11H2,(H,20,21). The van der Waals surface area contributed by atoms with Crippen molar-refractivity contribution in [2.24, 2.45) is 0 Å². The molecule has 5 heteroatoms. The molecule has 22 heavy (non-hydrogen) atoms. The van der Waals surface area contributed by atoms with E-state index in [1.807, 2.05) is 12.1 Å². The first-order valence-electron chi connectivity index (χ1n) is 6.25. The van der Waals surface area contributed by atoms with Crippen LogP contribution in [0.3, 0.4) is 0 Å². The Morgan fingerprint density at radius 3 is 2.59 bits per heavy atom. The number of ether oxygens (including phenoxy) is 1. The quantitative estimate of drug-likeness (QED) is 0.884. The van der Waals surface area contributed by atoms with Crippen molar-refractivity contribution in [3.8, 4) is 23.7 Å². The Morgan fingerprint density at radius 2 is 1.91 bits per heavy atom. The van der Waals surface area contributed by atoms with Crippen molar-refractivity contribution in [2.45, 2.75) is 0 Å². The van der Waals surface area contributed by atoms with E-state index in [0.29, 0.717) is 27.5 Å². The van der Waals surface area contributed by atoms with E-state index in [1.54, 1.807) is 24.3 Å². The first-order chi connectivity index (χ1) is 10.6. The summed E-state index contributed by atoms with van der Waals surface area (Å²) in [7, 11) is 0.